The molecule has 2 aromatic rings. The number of nitrogens with one attached hydrogen (secondary N) is 1. The van der Waals surface area contributed by atoms with Gasteiger partial charge in [-0.05, 0) is 67.8 Å². The van der Waals surface area contributed by atoms with Gasteiger partial charge in [-0.15, -0.1) is 16.9 Å². The molecule has 10 heteroatoms. The Hall–Kier alpha value is -2.49. The van der Waals surface area contributed by atoms with E-state index in [9.17, 15) is 4.79 Å². The molecule has 0 aliphatic carbocycles. The molecule has 0 fully saturated rings. The van der Waals surface area contributed by atoms with Gasteiger partial charge < -0.3 is 9.30 Å². The lowest BCUT2D eigenvalue weighted by Crippen LogP contribution is -2.35. The van der Waals surface area contributed by atoms with Crippen molar-refractivity contribution in [1.29, 1.82) is 5.41 Å². The first-order valence-corrected chi connectivity index (χ1v) is 11.3. The Balaban J connectivity index is 1.74. The number of carbonyl (C=O) groups is 1. The van der Waals surface area contributed by atoms with Gasteiger partial charge >= 0.3 is 0 Å². The second-order valence-corrected chi connectivity index (χ2v) is 8.99. The molecule has 0 bridgehead atoms. The van der Waals surface area contributed by atoms with Crippen LogP contribution in [0.2, 0.25) is 5.02 Å². The molecule has 154 valence electrons. The third kappa shape index (κ3) is 3.46. The quantitative estimate of drug-likeness (QED) is 0.673. The standard InChI is InChI=1S/C20H18ClN5O2S2/c1-10-7-12(11(2)25(10)13-5-6-16(28-3)15(21)9-13)8-14-17(22)26-19(23-18(14)27)30-20(24-26)29-4/h5-9,22H,1-4H3/b14-8+,22-17?. The largest absolute Gasteiger partial charge is 0.495 e. The number of hydrogen-bond donors (Lipinski definition) is 1. The van der Waals surface area contributed by atoms with E-state index in [1.54, 1.807) is 13.2 Å². The molecule has 0 saturated heterocycles. The van der Waals surface area contributed by atoms with Crippen LogP contribution in [0.25, 0.3) is 11.8 Å². The molecular weight excluding hydrogens is 442 g/mol. The summed E-state index contributed by atoms with van der Waals surface area (Å²) in [4.78, 5) is 16.7. The van der Waals surface area contributed by atoms with Crippen molar-refractivity contribution in [2.75, 3.05) is 13.4 Å². The third-order valence-electron chi connectivity index (χ3n) is 4.77. The predicted octanol–water partition coefficient (Wildman–Crippen LogP) is 4.70. The molecule has 1 aromatic heterocycles. The van der Waals surface area contributed by atoms with Crippen LogP contribution in [-0.4, -0.2) is 44.2 Å². The summed E-state index contributed by atoms with van der Waals surface area (Å²) in [5.41, 5.74) is 3.81. The Morgan fingerprint density at radius 1 is 1.30 bits per heavy atom. The Morgan fingerprint density at radius 3 is 2.73 bits per heavy atom. The minimum Gasteiger partial charge on any atom is -0.495 e. The van der Waals surface area contributed by atoms with Crippen molar-refractivity contribution in [3.8, 4) is 11.4 Å². The number of fused-ring (bicyclic) bond motifs is 1. The number of aryl methyl sites for hydroxylation is 1. The van der Waals surface area contributed by atoms with Gasteiger partial charge in [-0.3, -0.25) is 10.2 Å². The number of thioether (sulfide) groups is 2. The molecule has 0 spiro atoms. The molecule has 0 unspecified atom stereocenters. The first-order valence-electron chi connectivity index (χ1n) is 8.91. The van der Waals surface area contributed by atoms with Crippen LogP contribution in [0.4, 0.5) is 0 Å². The molecule has 1 amide bonds. The molecule has 2 aliphatic rings. The highest BCUT2D eigenvalue weighted by Gasteiger charge is 2.35. The molecule has 0 atom stereocenters. The summed E-state index contributed by atoms with van der Waals surface area (Å²) in [6, 6.07) is 7.54. The summed E-state index contributed by atoms with van der Waals surface area (Å²) in [7, 11) is 1.58. The number of carbonyl (C=O) groups excluding carboxylic acids is 1. The molecule has 4 rings (SSSR count). The maximum absolute atomic E-state index is 12.6. The van der Waals surface area contributed by atoms with Crippen molar-refractivity contribution in [1.82, 2.24) is 9.58 Å². The zero-order valence-electron chi connectivity index (χ0n) is 16.7. The SMILES string of the molecule is COc1ccc(-n2c(C)cc(/C=C3\C(=N)N4N=C(SC)SC4=NC3=O)c2C)cc1Cl. The number of benzene rings is 1. The molecule has 7 nitrogen and oxygen atoms in total. The zero-order chi connectivity index (χ0) is 21.6. The van der Waals surface area contributed by atoms with E-state index in [0.717, 1.165) is 27.0 Å². The van der Waals surface area contributed by atoms with Crippen molar-refractivity contribution in [3.63, 3.8) is 0 Å². The normalized spacial score (nSPS) is 17.4. The fraction of sp³-hybridized carbons (Fsp3) is 0.200. The number of nitrogens with zero attached hydrogens (tertiary/aromatic N) is 4. The minimum atomic E-state index is -0.436. The Bertz CT molecular complexity index is 1180. The number of ether oxygens (including phenoxy) is 1. The van der Waals surface area contributed by atoms with Crippen molar-refractivity contribution < 1.29 is 9.53 Å². The summed E-state index contributed by atoms with van der Waals surface area (Å²) in [6.45, 7) is 3.93. The van der Waals surface area contributed by atoms with E-state index in [2.05, 4.69) is 10.1 Å². The molecule has 2 aliphatic heterocycles. The van der Waals surface area contributed by atoms with Crippen LogP contribution in [0, 0.1) is 19.3 Å². The molecular formula is C20H18ClN5O2S2. The highest BCUT2D eigenvalue weighted by molar-refractivity contribution is 8.45. The number of aliphatic imine (C=N–C) groups is 1. The van der Waals surface area contributed by atoms with Crippen LogP contribution in [-0.2, 0) is 4.79 Å². The Labute approximate surface area is 187 Å². The topological polar surface area (TPSA) is 83.0 Å². The van der Waals surface area contributed by atoms with E-state index in [0.29, 0.717) is 15.9 Å². The molecule has 30 heavy (non-hydrogen) atoms. The van der Waals surface area contributed by atoms with Gasteiger partial charge in [-0.2, -0.15) is 10.0 Å². The number of hydrazone groups is 1. The number of methoxy groups -OCH3 is 1. The smallest absolute Gasteiger partial charge is 0.283 e. The van der Waals surface area contributed by atoms with Gasteiger partial charge in [0.25, 0.3) is 5.91 Å². The lowest BCUT2D eigenvalue weighted by Gasteiger charge is -2.20. The monoisotopic (exact) mass is 459 g/mol. The van der Waals surface area contributed by atoms with Gasteiger partial charge in [0.05, 0.1) is 17.7 Å². The van der Waals surface area contributed by atoms with E-state index < -0.39 is 5.91 Å². The van der Waals surface area contributed by atoms with Crippen LogP contribution >= 0.6 is 35.1 Å². The maximum atomic E-state index is 12.6. The Kier molecular flexibility index (Phi) is 5.52. The van der Waals surface area contributed by atoms with E-state index in [1.165, 1.54) is 28.5 Å². The summed E-state index contributed by atoms with van der Waals surface area (Å²) in [5, 5.41) is 15.2. The summed E-state index contributed by atoms with van der Waals surface area (Å²) in [6.07, 6.45) is 3.60. The number of halogens is 1. The van der Waals surface area contributed by atoms with E-state index in [-0.39, 0.29) is 11.4 Å². The van der Waals surface area contributed by atoms with Crippen LogP contribution in [0.15, 0.2) is 39.9 Å². The molecule has 1 aromatic carbocycles. The average molecular weight is 460 g/mol. The number of amidine groups is 2. The van der Waals surface area contributed by atoms with Gasteiger partial charge in [0.1, 0.15) is 5.75 Å². The van der Waals surface area contributed by atoms with Gasteiger partial charge in [-0.25, -0.2) is 0 Å². The first-order chi connectivity index (χ1) is 14.3. The molecule has 0 saturated carbocycles. The highest BCUT2D eigenvalue weighted by atomic mass is 35.5. The first kappa shape index (κ1) is 20.8. The Morgan fingerprint density at radius 2 is 2.07 bits per heavy atom. The second-order valence-electron chi connectivity index (χ2n) is 6.57. The van der Waals surface area contributed by atoms with Gasteiger partial charge in [0, 0.05) is 17.1 Å². The van der Waals surface area contributed by atoms with Crippen LogP contribution in [0.1, 0.15) is 17.0 Å². The average Bonchev–Trinajstić information content (AvgIpc) is 3.25. The summed E-state index contributed by atoms with van der Waals surface area (Å²) < 4.78 is 8.03. The summed E-state index contributed by atoms with van der Waals surface area (Å²) >= 11 is 9.05. The summed E-state index contributed by atoms with van der Waals surface area (Å²) in [5.74, 6) is 0.196. The highest BCUT2D eigenvalue weighted by Crippen LogP contribution is 2.33. The zero-order valence-corrected chi connectivity index (χ0v) is 19.1. The molecule has 0 radical (unpaired) electrons. The molecule has 3 heterocycles. The number of hydrogen-bond acceptors (Lipinski definition) is 6. The lowest BCUT2D eigenvalue weighted by atomic mass is 10.1. The lowest BCUT2D eigenvalue weighted by molar-refractivity contribution is -0.114. The maximum Gasteiger partial charge on any atom is 0.283 e. The third-order valence-corrected chi connectivity index (χ3v) is 6.95. The van der Waals surface area contributed by atoms with E-state index in [4.69, 9.17) is 21.7 Å². The van der Waals surface area contributed by atoms with Gasteiger partial charge in [0.2, 0.25) is 5.17 Å². The van der Waals surface area contributed by atoms with Crippen molar-refractivity contribution >= 4 is 62.5 Å². The van der Waals surface area contributed by atoms with Gasteiger partial charge in [0.15, 0.2) is 10.2 Å². The number of aromatic nitrogens is 1. The predicted molar refractivity (Wildman–Crippen MR) is 125 cm³/mol. The minimum absolute atomic E-state index is 0.0267. The van der Waals surface area contributed by atoms with E-state index >= 15 is 0 Å². The molecule has 1 N–H and O–H groups in total. The van der Waals surface area contributed by atoms with E-state index in [1.807, 2.05) is 48.9 Å². The number of amides is 1. The fourth-order valence-corrected chi connectivity index (χ4v) is 4.94. The van der Waals surface area contributed by atoms with Crippen molar-refractivity contribution in [3.05, 3.63) is 51.8 Å². The van der Waals surface area contributed by atoms with Gasteiger partial charge in [-0.1, -0.05) is 11.6 Å². The van der Waals surface area contributed by atoms with Crippen LogP contribution < -0.4 is 4.74 Å². The van der Waals surface area contributed by atoms with Crippen molar-refractivity contribution in [2.24, 2.45) is 10.1 Å². The number of rotatable bonds is 3. The second kappa shape index (κ2) is 7.98. The van der Waals surface area contributed by atoms with Crippen LogP contribution in [0.5, 0.6) is 5.75 Å². The van der Waals surface area contributed by atoms with Crippen LogP contribution in [0.3, 0.4) is 0 Å². The fourth-order valence-electron chi connectivity index (χ4n) is 3.34. The van der Waals surface area contributed by atoms with Crippen molar-refractivity contribution in [2.45, 2.75) is 13.8 Å².